The zero-order valence-corrected chi connectivity index (χ0v) is 20.1. The average molecular weight is 537 g/mol. The van der Waals surface area contributed by atoms with Gasteiger partial charge in [-0.2, -0.15) is 8.78 Å². The first-order valence-electron chi connectivity index (χ1n) is 10.6. The molecule has 30 heavy (non-hydrogen) atoms. The van der Waals surface area contributed by atoms with Crippen molar-refractivity contribution in [3.05, 3.63) is 24.3 Å². The van der Waals surface area contributed by atoms with E-state index in [1.807, 2.05) is 12.1 Å². The summed E-state index contributed by atoms with van der Waals surface area (Å²) in [5.74, 6) is 1.71. The zero-order chi connectivity index (χ0) is 20.6. The predicted octanol–water partition coefficient (Wildman–Crippen LogP) is 3.38. The monoisotopic (exact) mass is 537 g/mol. The Morgan fingerprint density at radius 1 is 1.20 bits per heavy atom. The number of hydrogen-bond acceptors (Lipinski definition) is 4. The first kappa shape index (κ1) is 24.9. The minimum atomic E-state index is -2.82. The van der Waals surface area contributed by atoms with Crippen LogP contribution in [0.25, 0.3) is 0 Å². The number of alkyl halides is 2. The van der Waals surface area contributed by atoms with Crippen LogP contribution in [0.15, 0.2) is 29.3 Å². The quantitative estimate of drug-likeness (QED) is 0.318. The molecule has 1 atom stereocenters. The molecule has 0 spiro atoms. The van der Waals surface area contributed by atoms with Crippen LogP contribution in [0.1, 0.15) is 26.2 Å². The molecule has 0 radical (unpaired) electrons. The van der Waals surface area contributed by atoms with Crippen molar-refractivity contribution in [3.8, 4) is 5.75 Å². The van der Waals surface area contributed by atoms with Crippen LogP contribution in [0.3, 0.4) is 0 Å². The summed E-state index contributed by atoms with van der Waals surface area (Å²) in [5.41, 5.74) is 0.713. The van der Waals surface area contributed by atoms with Gasteiger partial charge in [0, 0.05) is 32.2 Å². The van der Waals surface area contributed by atoms with Crippen LogP contribution in [-0.4, -0.2) is 69.8 Å². The van der Waals surface area contributed by atoms with Crippen molar-refractivity contribution in [1.82, 2.24) is 15.5 Å². The highest BCUT2D eigenvalue weighted by Crippen LogP contribution is 2.31. The van der Waals surface area contributed by atoms with Crippen LogP contribution in [-0.2, 0) is 0 Å². The fraction of sp³-hybridized carbons (Fsp3) is 0.667. The van der Waals surface area contributed by atoms with E-state index in [2.05, 4.69) is 34.4 Å². The number of likely N-dealkylation sites (tertiary alicyclic amines) is 1. The number of hydrogen-bond donors (Lipinski definition) is 2. The minimum Gasteiger partial charge on any atom is -0.433 e. The number of halogens is 3. The maximum atomic E-state index is 12.7. The van der Waals surface area contributed by atoms with Crippen LogP contribution in [0.2, 0.25) is 0 Å². The maximum absolute atomic E-state index is 12.7. The Balaban J connectivity index is 0.00000320. The van der Waals surface area contributed by atoms with Gasteiger partial charge in [0.15, 0.2) is 5.96 Å². The number of anilines is 1. The summed E-state index contributed by atoms with van der Waals surface area (Å²) in [7, 11) is 2.17. The van der Waals surface area contributed by atoms with Gasteiger partial charge >= 0.3 is 6.61 Å². The Bertz CT molecular complexity index is 671. The normalized spacial score (nSPS) is 20.9. The Morgan fingerprint density at radius 3 is 2.63 bits per heavy atom. The van der Waals surface area contributed by atoms with Gasteiger partial charge in [0.25, 0.3) is 0 Å². The Labute approximate surface area is 195 Å². The molecule has 0 aliphatic carbocycles. The lowest BCUT2D eigenvalue weighted by Gasteiger charge is -2.28. The highest BCUT2D eigenvalue weighted by Gasteiger charge is 2.26. The first-order chi connectivity index (χ1) is 14.0. The number of ether oxygens (including phenoxy) is 1. The van der Waals surface area contributed by atoms with E-state index >= 15 is 0 Å². The minimum absolute atomic E-state index is 0. The van der Waals surface area contributed by atoms with Gasteiger partial charge in [-0.25, -0.2) is 0 Å². The molecule has 9 heteroatoms. The second-order valence-electron chi connectivity index (χ2n) is 7.89. The number of rotatable bonds is 7. The summed E-state index contributed by atoms with van der Waals surface area (Å²) in [6.07, 6.45) is 3.30. The molecule has 2 heterocycles. The highest BCUT2D eigenvalue weighted by molar-refractivity contribution is 14.0. The molecular weight excluding hydrogens is 503 g/mol. The van der Waals surface area contributed by atoms with E-state index in [1.165, 1.54) is 12.8 Å². The van der Waals surface area contributed by atoms with Gasteiger partial charge in [-0.3, -0.25) is 4.99 Å². The van der Waals surface area contributed by atoms with Crippen molar-refractivity contribution in [2.24, 2.45) is 10.9 Å². The van der Waals surface area contributed by atoms with Crippen LogP contribution in [0, 0.1) is 5.92 Å². The van der Waals surface area contributed by atoms with Crippen molar-refractivity contribution >= 4 is 35.6 Å². The largest absolute Gasteiger partial charge is 0.433 e. The van der Waals surface area contributed by atoms with Crippen LogP contribution < -0.4 is 20.3 Å². The molecule has 0 saturated carbocycles. The maximum Gasteiger partial charge on any atom is 0.387 e. The molecule has 0 bridgehead atoms. The second-order valence-corrected chi connectivity index (χ2v) is 7.89. The fourth-order valence-corrected chi connectivity index (χ4v) is 3.99. The topological polar surface area (TPSA) is 52.1 Å². The SMILES string of the molecule is CCNC(=NCC1CCN(C)CC1)NC1CCN(c2ccccc2OC(F)F)C1.I. The molecular formula is C21H34F2IN5O. The molecule has 1 aromatic carbocycles. The zero-order valence-electron chi connectivity index (χ0n) is 17.8. The molecule has 2 aliphatic rings. The number of guanidine groups is 1. The van der Waals surface area contributed by atoms with Crippen molar-refractivity contribution in [1.29, 1.82) is 0 Å². The van der Waals surface area contributed by atoms with E-state index < -0.39 is 6.61 Å². The summed E-state index contributed by atoms with van der Waals surface area (Å²) < 4.78 is 30.1. The molecule has 3 rings (SSSR count). The summed E-state index contributed by atoms with van der Waals surface area (Å²) in [5, 5.41) is 6.86. The lowest BCUT2D eigenvalue weighted by Crippen LogP contribution is -2.45. The summed E-state index contributed by atoms with van der Waals surface area (Å²) in [4.78, 5) is 9.27. The number of piperidine rings is 1. The third-order valence-electron chi connectivity index (χ3n) is 5.64. The Hall–Kier alpha value is -1.36. The second kappa shape index (κ2) is 12.5. The number of aliphatic imine (C=N–C) groups is 1. The van der Waals surface area contributed by atoms with E-state index in [0.29, 0.717) is 11.6 Å². The van der Waals surface area contributed by atoms with Gasteiger partial charge < -0.3 is 25.2 Å². The third-order valence-corrected chi connectivity index (χ3v) is 5.64. The van der Waals surface area contributed by atoms with Crippen LogP contribution >= 0.6 is 24.0 Å². The lowest BCUT2D eigenvalue weighted by atomic mass is 9.97. The van der Waals surface area contributed by atoms with E-state index in [4.69, 9.17) is 9.73 Å². The number of para-hydroxylation sites is 2. The van der Waals surface area contributed by atoms with Gasteiger partial charge in [0.1, 0.15) is 5.75 Å². The van der Waals surface area contributed by atoms with E-state index in [-0.39, 0.29) is 35.8 Å². The molecule has 0 aromatic heterocycles. The van der Waals surface area contributed by atoms with E-state index in [0.717, 1.165) is 51.6 Å². The molecule has 1 unspecified atom stereocenters. The summed E-state index contributed by atoms with van der Waals surface area (Å²) in [6, 6.07) is 7.20. The van der Waals surface area contributed by atoms with Crippen LogP contribution in [0.4, 0.5) is 14.5 Å². The van der Waals surface area contributed by atoms with Gasteiger partial charge in [-0.15, -0.1) is 24.0 Å². The molecule has 6 nitrogen and oxygen atoms in total. The Kier molecular flexibility index (Phi) is 10.4. The van der Waals surface area contributed by atoms with Crippen molar-refractivity contribution in [2.45, 2.75) is 38.8 Å². The average Bonchev–Trinajstić information content (AvgIpc) is 3.16. The summed E-state index contributed by atoms with van der Waals surface area (Å²) >= 11 is 0. The van der Waals surface area contributed by atoms with Crippen LogP contribution in [0.5, 0.6) is 5.75 Å². The van der Waals surface area contributed by atoms with Gasteiger partial charge in [0.05, 0.1) is 5.69 Å². The van der Waals surface area contributed by atoms with E-state index in [1.54, 1.807) is 12.1 Å². The Morgan fingerprint density at radius 2 is 1.93 bits per heavy atom. The molecule has 1 aromatic rings. The standard InChI is InChI=1S/C21H33F2N5O.HI/c1-3-24-21(25-14-16-8-11-27(2)12-9-16)26-17-10-13-28(15-17)18-6-4-5-7-19(18)29-20(22)23;/h4-7,16-17,20H,3,8-15H2,1-2H3,(H2,24,25,26);1H. The fourth-order valence-electron chi connectivity index (χ4n) is 3.99. The number of nitrogens with zero attached hydrogens (tertiary/aromatic N) is 3. The molecule has 2 saturated heterocycles. The summed E-state index contributed by atoms with van der Waals surface area (Å²) in [6.45, 7) is 4.68. The van der Waals surface area contributed by atoms with Crippen molar-refractivity contribution in [2.75, 3.05) is 51.2 Å². The molecule has 2 N–H and O–H groups in total. The smallest absolute Gasteiger partial charge is 0.387 e. The molecule has 170 valence electrons. The third kappa shape index (κ3) is 7.40. The van der Waals surface area contributed by atoms with Crippen molar-refractivity contribution in [3.63, 3.8) is 0 Å². The number of benzene rings is 1. The molecule has 0 amide bonds. The predicted molar refractivity (Wildman–Crippen MR) is 128 cm³/mol. The van der Waals surface area contributed by atoms with Gasteiger partial charge in [-0.1, -0.05) is 12.1 Å². The van der Waals surface area contributed by atoms with Gasteiger partial charge in [-0.05, 0) is 64.4 Å². The molecule has 2 fully saturated rings. The first-order valence-corrected chi connectivity index (χ1v) is 10.6. The molecule has 2 aliphatic heterocycles. The number of nitrogens with one attached hydrogen (secondary N) is 2. The van der Waals surface area contributed by atoms with Gasteiger partial charge in [0.2, 0.25) is 0 Å². The van der Waals surface area contributed by atoms with E-state index in [9.17, 15) is 8.78 Å². The highest BCUT2D eigenvalue weighted by atomic mass is 127. The van der Waals surface area contributed by atoms with Crippen molar-refractivity contribution < 1.29 is 13.5 Å². The lowest BCUT2D eigenvalue weighted by molar-refractivity contribution is -0.0495.